The molecule has 2 nitrogen and oxygen atoms in total. The van der Waals surface area contributed by atoms with Crippen molar-refractivity contribution < 1.29 is 14.3 Å². The van der Waals surface area contributed by atoms with E-state index in [0.29, 0.717) is 22.9 Å². The van der Waals surface area contributed by atoms with Gasteiger partial charge >= 0.3 is 5.97 Å². The van der Waals surface area contributed by atoms with Crippen LogP contribution in [0.4, 0.5) is 4.39 Å². The monoisotopic (exact) mass is 300 g/mol. The molecule has 1 aliphatic carbocycles. The molecule has 0 unspecified atom stereocenters. The van der Waals surface area contributed by atoms with Gasteiger partial charge in [0.1, 0.15) is 6.67 Å². The van der Waals surface area contributed by atoms with Crippen molar-refractivity contribution in [3.05, 3.63) is 33.8 Å². The first-order chi connectivity index (χ1) is 8.10. The summed E-state index contributed by atoms with van der Waals surface area (Å²) in [6.07, 6.45) is 3.22. The standard InChI is InChI=1S/C13H14BrFO2/c14-11-7-10(4-3-9(11)8-15)13(12(16)17)5-1-2-6-13/h3-4,7H,1-2,5-6,8H2,(H,16,17). The Morgan fingerprint density at radius 2 is 2.06 bits per heavy atom. The van der Waals surface area contributed by atoms with Crippen molar-refractivity contribution in [2.75, 3.05) is 0 Å². The molecule has 17 heavy (non-hydrogen) atoms. The lowest BCUT2D eigenvalue weighted by atomic mass is 9.79. The number of benzene rings is 1. The molecule has 1 aromatic rings. The van der Waals surface area contributed by atoms with E-state index in [-0.39, 0.29) is 0 Å². The number of carboxylic acid groups (broad SMARTS) is 1. The molecule has 0 aliphatic heterocycles. The van der Waals surface area contributed by atoms with Gasteiger partial charge in [-0.3, -0.25) is 4.79 Å². The minimum absolute atomic E-state index is 0.541. The largest absolute Gasteiger partial charge is 0.481 e. The first kappa shape index (κ1) is 12.6. The van der Waals surface area contributed by atoms with Gasteiger partial charge in [-0.15, -0.1) is 0 Å². The van der Waals surface area contributed by atoms with Gasteiger partial charge in [0, 0.05) is 4.47 Å². The highest BCUT2D eigenvalue weighted by Gasteiger charge is 2.42. The summed E-state index contributed by atoms with van der Waals surface area (Å²) in [6.45, 7) is -0.541. The van der Waals surface area contributed by atoms with Crippen LogP contribution in [0.15, 0.2) is 22.7 Å². The first-order valence-electron chi connectivity index (χ1n) is 5.68. The second kappa shape index (κ2) is 4.77. The SMILES string of the molecule is O=C(O)C1(c2ccc(CF)c(Br)c2)CCCC1. The third kappa shape index (κ3) is 2.10. The Balaban J connectivity index is 2.44. The summed E-state index contributed by atoms with van der Waals surface area (Å²) >= 11 is 3.29. The number of aliphatic carboxylic acids is 1. The molecule has 92 valence electrons. The molecule has 1 aliphatic rings. The maximum absolute atomic E-state index is 12.6. The van der Waals surface area contributed by atoms with E-state index in [0.717, 1.165) is 18.4 Å². The predicted molar refractivity (Wildman–Crippen MR) is 66.7 cm³/mol. The number of halogens is 2. The summed E-state index contributed by atoms with van der Waals surface area (Å²) in [5, 5.41) is 9.45. The smallest absolute Gasteiger partial charge is 0.314 e. The van der Waals surface area contributed by atoms with E-state index in [9.17, 15) is 14.3 Å². The lowest BCUT2D eigenvalue weighted by Crippen LogP contribution is -2.32. The van der Waals surface area contributed by atoms with Crippen LogP contribution in [0, 0.1) is 0 Å². The normalized spacial score (nSPS) is 18.2. The third-order valence-electron chi connectivity index (χ3n) is 3.62. The maximum atomic E-state index is 12.6. The minimum Gasteiger partial charge on any atom is -0.481 e. The fourth-order valence-corrected chi connectivity index (χ4v) is 3.04. The summed E-state index contributed by atoms with van der Waals surface area (Å²) < 4.78 is 13.3. The molecule has 2 rings (SSSR count). The lowest BCUT2D eigenvalue weighted by molar-refractivity contribution is -0.143. The summed E-state index contributed by atoms with van der Waals surface area (Å²) in [5.41, 5.74) is 0.580. The van der Waals surface area contributed by atoms with Crippen LogP contribution in [0.2, 0.25) is 0 Å². The molecule has 0 aromatic heterocycles. The van der Waals surface area contributed by atoms with Crippen molar-refractivity contribution >= 4 is 21.9 Å². The molecule has 0 bridgehead atoms. The highest BCUT2D eigenvalue weighted by atomic mass is 79.9. The molecular formula is C13H14BrFO2. The summed E-state index contributed by atoms with van der Waals surface area (Å²) in [4.78, 5) is 11.5. The lowest BCUT2D eigenvalue weighted by Gasteiger charge is -2.24. The van der Waals surface area contributed by atoms with E-state index in [2.05, 4.69) is 15.9 Å². The Morgan fingerprint density at radius 3 is 2.53 bits per heavy atom. The number of carboxylic acids is 1. The van der Waals surface area contributed by atoms with E-state index in [1.807, 2.05) is 0 Å². The average Bonchev–Trinajstić information content (AvgIpc) is 2.79. The molecule has 1 aromatic carbocycles. The quantitative estimate of drug-likeness (QED) is 0.921. The second-order valence-electron chi connectivity index (χ2n) is 4.53. The third-order valence-corrected chi connectivity index (χ3v) is 4.35. The Morgan fingerprint density at radius 1 is 1.41 bits per heavy atom. The summed E-state index contributed by atoms with van der Waals surface area (Å²) in [6, 6.07) is 5.18. The van der Waals surface area contributed by atoms with Gasteiger partial charge in [0.15, 0.2) is 0 Å². The van der Waals surface area contributed by atoms with Crippen LogP contribution in [0.25, 0.3) is 0 Å². The predicted octanol–water partition coefficient (Wildman–Crippen LogP) is 3.82. The highest BCUT2D eigenvalue weighted by molar-refractivity contribution is 9.10. The fraction of sp³-hybridized carbons (Fsp3) is 0.462. The van der Waals surface area contributed by atoms with Crippen LogP contribution in [-0.2, 0) is 16.9 Å². The van der Waals surface area contributed by atoms with Crippen molar-refractivity contribution in [3.63, 3.8) is 0 Å². The Labute approximate surface area is 108 Å². The van der Waals surface area contributed by atoms with Gasteiger partial charge in [-0.1, -0.05) is 40.9 Å². The van der Waals surface area contributed by atoms with Crippen LogP contribution in [0.1, 0.15) is 36.8 Å². The van der Waals surface area contributed by atoms with Crippen molar-refractivity contribution in [1.82, 2.24) is 0 Å². The van der Waals surface area contributed by atoms with Gasteiger partial charge in [0.2, 0.25) is 0 Å². The maximum Gasteiger partial charge on any atom is 0.314 e. The number of alkyl halides is 1. The first-order valence-corrected chi connectivity index (χ1v) is 6.48. The average molecular weight is 301 g/mol. The van der Waals surface area contributed by atoms with Gasteiger partial charge in [-0.05, 0) is 30.0 Å². The van der Waals surface area contributed by atoms with E-state index < -0.39 is 18.1 Å². The molecule has 0 amide bonds. The van der Waals surface area contributed by atoms with E-state index in [1.165, 1.54) is 0 Å². The zero-order chi connectivity index (χ0) is 12.5. The number of rotatable bonds is 3. The van der Waals surface area contributed by atoms with Crippen molar-refractivity contribution in [2.24, 2.45) is 0 Å². The number of hydrogen-bond acceptors (Lipinski definition) is 1. The van der Waals surface area contributed by atoms with Crippen LogP contribution < -0.4 is 0 Å². The van der Waals surface area contributed by atoms with E-state index >= 15 is 0 Å². The topological polar surface area (TPSA) is 37.3 Å². The molecule has 1 saturated carbocycles. The molecule has 0 radical (unpaired) electrons. The van der Waals surface area contributed by atoms with Gasteiger partial charge in [0.05, 0.1) is 5.41 Å². The van der Waals surface area contributed by atoms with Crippen LogP contribution >= 0.6 is 15.9 Å². The van der Waals surface area contributed by atoms with Crippen LogP contribution in [-0.4, -0.2) is 11.1 Å². The number of carbonyl (C=O) groups is 1. The Hall–Kier alpha value is -0.900. The van der Waals surface area contributed by atoms with E-state index in [1.54, 1.807) is 18.2 Å². The van der Waals surface area contributed by atoms with Crippen LogP contribution in [0.3, 0.4) is 0 Å². The molecule has 0 spiro atoms. The van der Waals surface area contributed by atoms with Gasteiger partial charge in [0.25, 0.3) is 0 Å². The summed E-state index contributed by atoms with van der Waals surface area (Å²) in [5.74, 6) is -0.769. The molecule has 1 N–H and O–H groups in total. The Kier molecular flexibility index (Phi) is 3.52. The van der Waals surface area contributed by atoms with Crippen LogP contribution in [0.5, 0.6) is 0 Å². The van der Waals surface area contributed by atoms with E-state index in [4.69, 9.17) is 0 Å². The zero-order valence-electron chi connectivity index (χ0n) is 9.38. The molecule has 4 heteroatoms. The molecule has 0 atom stereocenters. The molecule has 0 saturated heterocycles. The molecule has 1 fully saturated rings. The molecular weight excluding hydrogens is 287 g/mol. The minimum atomic E-state index is -0.769. The van der Waals surface area contributed by atoms with Crippen molar-refractivity contribution in [3.8, 4) is 0 Å². The van der Waals surface area contributed by atoms with Crippen molar-refractivity contribution in [2.45, 2.75) is 37.8 Å². The van der Waals surface area contributed by atoms with Gasteiger partial charge in [-0.2, -0.15) is 0 Å². The second-order valence-corrected chi connectivity index (χ2v) is 5.39. The van der Waals surface area contributed by atoms with Gasteiger partial charge < -0.3 is 5.11 Å². The highest BCUT2D eigenvalue weighted by Crippen LogP contribution is 2.42. The van der Waals surface area contributed by atoms with Gasteiger partial charge in [-0.25, -0.2) is 4.39 Å². The molecule has 0 heterocycles. The number of hydrogen-bond donors (Lipinski definition) is 1. The summed E-state index contributed by atoms with van der Waals surface area (Å²) in [7, 11) is 0. The fourth-order valence-electron chi connectivity index (χ4n) is 2.56. The van der Waals surface area contributed by atoms with Crippen molar-refractivity contribution in [1.29, 1.82) is 0 Å². The zero-order valence-corrected chi connectivity index (χ0v) is 11.0. The Bertz CT molecular complexity index is 439.